The molecule has 0 heterocycles. The van der Waals surface area contributed by atoms with Gasteiger partial charge in [-0.25, -0.2) is 0 Å². The lowest BCUT2D eigenvalue weighted by atomic mass is 10.1. The maximum Gasteiger partial charge on any atom is 0.0157 e. The molecule has 0 saturated heterocycles. The standard InChI is InChI=1S/C9H12S3.C7H8S/c10-4-7-1-2-8(5-11)9(3-7)6-12;8-6-7-4-2-1-3-5-7/h1-3,10-12H,4-6H2;1-5,8H,6H2. The molecular weight excluding hydrogens is 320 g/mol. The second-order valence-electron chi connectivity index (χ2n) is 4.22. The van der Waals surface area contributed by atoms with E-state index >= 15 is 0 Å². The summed E-state index contributed by atoms with van der Waals surface area (Å²) in [6, 6.07) is 16.5. The monoisotopic (exact) mass is 340 g/mol. The average Bonchev–Trinajstić information content (AvgIpc) is 2.55. The SMILES string of the molecule is SCc1ccc(CS)c(CS)c1.SCc1ccccc1. The van der Waals surface area contributed by atoms with E-state index in [0.717, 1.165) is 23.0 Å². The number of rotatable bonds is 4. The minimum absolute atomic E-state index is 0.775. The van der Waals surface area contributed by atoms with Crippen LogP contribution in [-0.2, 0) is 23.0 Å². The molecule has 0 amide bonds. The Morgan fingerprint density at radius 2 is 1.15 bits per heavy atom. The topological polar surface area (TPSA) is 0 Å². The van der Waals surface area contributed by atoms with Crippen LogP contribution >= 0.6 is 50.5 Å². The van der Waals surface area contributed by atoms with Crippen LogP contribution in [0.4, 0.5) is 0 Å². The third-order valence-electron chi connectivity index (χ3n) is 2.82. The molecule has 0 nitrogen and oxygen atoms in total. The Morgan fingerprint density at radius 3 is 1.60 bits per heavy atom. The highest BCUT2D eigenvalue weighted by molar-refractivity contribution is 7.80. The molecule has 0 radical (unpaired) electrons. The lowest BCUT2D eigenvalue weighted by Gasteiger charge is -2.06. The van der Waals surface area contributed by atoms with Crippen molar-refractivity contribution >= 4 is 50.5 Å². The van der Waals surface area contributed by atoms with Crippen LogP contribution in [0.15, 0.2) is 48.5 Å². The van der Waals surface area contributed by atoms with Gasteiger partial charge < -0.3 is 0 Å². The summed E-state index contributed by atoms with van der Waals surface area (Å²) in [5.74, 6) is 3.18. The van der Waals surface area contributed by atoms with Crippen LogP contribution in [0, 0.1) is 0 Å². The van der Waals surface area contributed by atoms with Crippen molar-refractivity contribution in [1.82, 2.24) is 0 Å². The zero-order valence-corrected chi connectivity index (χ0v) is 14.8. The normalized spacial score (nSPS) is 9.80. The van der Waals surface area contributed by atoms with Crippen molar-refractivity contribution in [1.29, 1.82) is 0 Å². The first kappa shape index (κ1) is 17.9. The third kappa shape index (κ3) is 6.08. The van der Waals surface area contributed by atoms with Crippen molar-refractivity contribution < 1.29 is 0 Å². The summed E-state index contributed by atoms with van der Waals surface area (Å²) in [7, 11) is 0. The van der Waals surface area contributed by atoms with Crippen molar-refractivity contribution in [2.45, 2.75) is 23.0 Å². The average molecular weight is 341 g/mol. The van der Waals surface area contributed by atoms with Crippen molar-refractivity contribution in [3.8, 4) is 0 Å². The smallest absolute Gasteiger partial charge is 0.0157 e. The Hall–Kier alpha value is -0.160. The number of thiol groups is 4. The van der Waals surface area contributed by atoms with Gasteiger partial charge in [-0.1, -0.05) is 48.5 Å². The van der Waals surface area contributed by atoms with E-state index in [1.165, 1.54) is 22.3 Å². The van der Waals surface area contributed by atoms with Crippen LogP contribution in [0.3, 0.4) is 0 Å². The first-order valence-electron chi connectivity index (χ1n) is 6.33. The van der Waals surface area contributed by atoms with Gasteiger partial charge in [0.25, 0.3) is 0 Å². The number of hydrogen-bond acceptors (Lipinski definition) is 4. The van der Waals surface area contributed by atoms with Crippen LogP contribution in [0.2, 0.25) is 0 Å². The van der Waals surface area contributed by atoms with Gasteiger partial charge in [0.15, 0.2) is 0 Å². The molecule has 2 rings (SSSR count). The summed E-state index contributed by atoms with van der Waals surface area (Å²) < 4.78 is 0. The van der Waals surface area contributed by atoms with E-state index < -0.39 is 0 Å². The first-order valence-corrected chi connectivity index (χ1v) is 8.86. The van der Waals surface area contributed by atoms with Gasteiger partial charge in [-0.2, -0.15) is 50.5 Å². The molecular formula is C16H20S4. The summed E-state index contributed by atoms with van der Waals surface area (Å²) in [6.45, 7) is 0. The van der Waals surface area contributed by atoms with Gasteiger partial charge in [0.05, 0.1) is 0 Å². The molecule has 0 aliphatic heterocycles. The fourth-order valence-electron chi connectivity index (χ4n) is 1.66. The predicted octanol–water partition coefficient (Wildman–Crippen LogP) is 5.09. The molecule has 0 atom stereocenters. The molecule has 2 aromatic rings. The maximum atomic E-state index is 4.26. The minimum atomic E-state index is 0.775. The quantitative estimate of drug-likeness (QED) is 0.547. The Labute approximate surface area is 144 Å². The van der Waals surface area contributed by atoms with Gasteiger partial charge in [-0.3, -0.25) is 0 Å². The lowest BCUT2D eigenvalue weighted by molar-refractivity contribution is 1.25. The summed E-state index contributed by atoms with van der Waals surface area (Å²) in [5.41, 5.74) is 5.04. The molecule has 4 heteroatoms. The molecule has 0 spiro atoms. The Bertz CT molecular complexity index is 497. The van der Waals surface area contributed by atoms with E-state index in [9.17, 15) is 0 Å². The van der Waals surface area contributed by atoms with Crippen molar-refractivity contribution in [3.05, 3.63) is 70.8 Å². The van der Waals surface area contributed by atoms with Crippen molar-refractivity contribution in [2.75, 3.05) is 0 Å². The van der Waals surface area contributed by atoms with Crippen LogP contribution < -0.4 is 0 Å². The summed E-state index contributed by atoms with van der Waals surface area (Å²) in [4.78, 5) is 0. The largest absolute Gasteiger partial charge is 0.175 e. The first-order chi connectivity index (χ1) is 9.74. The Balaban J connectivity index is 0.000000217. The van der Waals surface area contributed by atoms with Gasteiger partial charge in [0.2, 0.25) is 0 Å². The van der Waals surface area contributed by atoms with E-state index in [0.29, 0.717) is 0 Å². The Morgan fingerprint density at radius 1 is 0.550 bits per heavy atom. The van der Waals surface area contributed by atoms with Crippen LogP contribution in [-0.4, -0.2) is 0 Å². The maximum absolute atomic E-state index is 4.26. The Kier molecular flexibility index (Phi) is 9.44. The molecule has 108 valence electrons. The molecule has 0 fully saturated rings. The second-order valence-corrected chi connectivity index (χ2v) is 5.49. The molecule has 20 heavy (non-hydrogen) atoms. The fourth-order valence-corrected chi connectivity index (χ4v) is 2.67. The van der Waals surface area contributed by atoms with Crippen molar-refractivity contribution in [3.63, 3.8) is 0 Å². The molecule has 0 aliphatic rings. The van der Waals surface area contributed by atoms with E-state index in [1.807, 2.05) is 18.2 Å². The van der Waals surface area contributed by atoms with Gasteiger partial charge in [0, 0.05) is 23.0 Å². The molecule has 0 aliphatic carbocycles. The minimum Gasteiger partial charge on any atom is -0.175 e. The van der Waals surface area contributed by atoms with Gasteiger partial charge >= 0.3 is 0 Å². The summed E-state index contributed by atoms with van der Waals surface area (Å²) in [5, 5.41) is 0. The molecule has 0 unspecified atom stereocenters. The second kappa shape index (κ2) is 10.6. The van der Waals surface area contributed by atoms with Gasteiger partial charge in [0.1, 0.15) is 0 Å². The van der Waals surface area contributed by atoms with E-state index in [1.54, 1.807) is 0 Å². The van der Waals surface area contributed by atoms with Crippen LogP contribution in [0.25, 0.3) is 0 Å². The van der Waals surface area contributed by atoms with Crippen LogP contribution in [0.1, 0.15) is 22.3 Å². The summed E-state index contributed by atoms with van der Waals surface area (Å²) in [6.07, 6.45) is 0. The molecule has 0 saturated carbocycles. The highest BCUT2D eigenvalue weighted by atomic mass is 32.1. The summed E-state index contributed by atoms with van der Waals surface area (Å²) >= 11 is 16.8. The number of hydrogen-bond donors (Lipinski definition) is 4. The van der Waals surface area contributed by atoms with Crippen molar-refractivity contribution in [2.24, 2.45) is 0 Å². The predicted molar refractivity (Wildman–Crippen MR) is 104 cm³/mol. The van der Waals surface area contributed by atoms with E-state index in [-0.39, 0.29) is 0 Å². The van der Waals surface area contributed by atoms with E-state index in [4.69, 9.17) is 0 Å². The molecule has 0 N–H and O–H groups in total. The zero-order chi connectivity index (χ0) is 14.8. The molecule has 2 aromatic carbocycles. The van der Waals surface area contributed by atoms with Gasteiger partial charge in [-0.05, 0) is 22.3 Å². The van der Waals surface area contributed by atoms with Crippen LogP contribution in [0.5, 0.6) is 0 Å². The third-order valence-corrected chi connectivity index (χ3v) is 4.23. The molecule has 0 bridgehead atoms. The highest BCUT2D eigenvalue weighted by Crippen LogP contribution is 2.17. The fraction of sp³-hybridized carbons (Fsp3) is 0.250. The highest BCUT2D eigenvalue weighted by Gasteiger charge is 1.99. The zero-order valence-electron chi connectivity index (χ0n) is 11.2. The lowest BCUT2D eigenvalue weighted by Crippen LogP contribution is -1.90. The number of benzene rings is 2. The van der Waals surface area contributed by atoms with E-state index in [2.05, 4.69) is 80.8 Å². The molecule has 0 aromatic heterocycles. The van der Waals surface area contributed by atoms with Gasteiger partial charge in [-0.15, -0.1) is 0 Å².